The smallest absolute Gasteiger partial charge is 0.166 e. The Kier molecular flexibility index (Phi) is 5.01. The molecule has 1 aromatic carbocycles. The Balaban J connectivity index is 3.01. The van der Waals surface area contributed by atoms with Gasteiger partial charge in [-0.1, -0.05) is 26.7 Å². The highest BCUT2D eigenvalue weighted by atomic mass is 16.3. The summed E-state index contributed by atoms with van der Waals surface area (Å²) in [7, 11) is 0. The van der Waals surface area contributed by atoms with Crippen molar-refractivity contribution >= 4 is 5.78 Å². The van der Waals surface area contributed by atoms with Gasteiger partial charge in [-0.3, -0.25) is 4.79 Å². The normalized spacial score (nSPS) is 10.5. The van der Waals surface area contributed by atoms with Gasteiger partial charge in [0.15, 0.2) is 5.78 Å². The van der Waals surface area contributed by atoms with Crippen LogP contribution in [0.1, 0.15) is 55.5 Å². The zero-order valence-corrected chi connectivity index (χ0v) is 10.5. The lowest BCUT2D eigenvalue weighted by Crippen LogP contribution is -2.01. The van der Waals surface area contributed by atoms with Gasteiger partial charge >= 0.3 is 0 Å². The highest BCUT2D eigenvalue weighted by Crippen LogP contribution is 2.32. The average Bonchev–Trinajstić information content (AvgIpc) is 2.31. The Morgan fingerprint density at radius 3 is 2.47 bits per heavy atom. The van der Waals surface area contributed by atoms with Gasteiger partial charge in [0.1, 0.15) is 11.5 Å². The molecule has 3 heteroatoms. The van der Waals surface area contributed by atoms with Gasteiger partial charge in [0.2, 0.25) is 0 Å². The Morgan fingerprint density at radius 2 is 1.88 bits per heavy atom. The Labute approximate surface area is 102 Å². The van der Waals surface area contributed by atoms with E-state index in [1.54, 1.807) is 0 Å². The molecule has 3 nitrogen and oxygen atoms in total. The third kappa shape index (κ3) is 3.22. The first-order valence-electron chi connectivity index (χ1n) is 6.18. The van der Waals surface area contributed by atoms with Gasteiger partial charge in [0, 0.05) is 12.0 Å². The van der Waals surface area contributed by atoms with Crippen molar-refractivity contribution in [3.05, 3.63) is 23.3 Å². The minimum atomic E-state index is -0.0540. The largest absolute Gasteiger partial charge is 0.508 e. The van der Waals surface area contributed by atoms with Crippen molar-refractivity contribution in [1.82, 2.24) is 0 Å². The predicted octanol–water partition coefficient (Wildman–Crippen LogP) is 3.42. The highest BCUT2D eigenvalue weighted by Gasteiger charge is 2.16. The summed E-state index contributed by atoms with van der Waals surface area (Å²) >= 11 is 0. The number of carbonyl (C=O) groups is 1. The van der Waals surface area contributed by atoms with Crippen LogP contribution in [0.15, 0.2) is 12.1 Å². The van der Waals surface area contributed by atoms with E-state index in [1.807, 2.05) is 13.8 Å². The quantitative estimate of drug-likeness (QED) is 0.744. The molecule has 0 saturated carbocycles. The molecule has 0 heterocycles. The van der Waals surface area contributed by atoms with Crippen LogP contribution in [0.2, 0.25) is 0 Å². The Bertz CT molecular complexity index is 397. The number of benzene rings is 1. The third-order valence-corrected chi connectivity index (χ3v) is 2.82. The minimum Gasteiger partial charge on any atom is -0.508 e. The molecule has 0 aliphatic rings. The summed E-state index contributed by atoms with van der Waals surface area (Å²) in [6, 6.07) is 2.99. The molecule has 1 aromatic rings. The van der Waals surface area contributed by atoms with Crippen LogP contribution >= 0.6 is 0 Å². The third-order valence-electron chi connectivity index (χ3n) is 2.82. The number of rotatable bonds is 6. The fourth-order valence-corrected chi connectivity index (χ4v) is 1.82. The van der Waals surface area contributed by atoms with Crippen LogP contribution in [-0.2, 0) is 6.42 Å². The van der Waals surface area contributed by atoms with Gasteiger partial charge in [-0.25, -0.2) is 0 Å². The number of carbonyl (C=O) groups excluding carboxylic acids is 1. The summed E-state index contributed by atoms with van der Waals surface area (Å²) in [5.41, 5.74) is 0.814. The van der Waals surface area contributed by atoms with E-state index in [-0.39, 0.29) is 17.3 Å². The summed E-state index contributed by atoms with van der Waals surface area (Å²) in [5.74, 6) is -0.0361. The van der Waals surface area contributed by atoms with Crippen LogP contribution in [0.25, 0.3) is 0 Å². The van der Waals surface area contributed by atoms with E-state index in [0.29, 0.717) is 24.0 Å². The summed E-state index contributed by atoms with van der Waals surface area (Å²) in [6.45, 7) is 3.98. The molecule has 1 rings (SSSR count). The Hall–Kier alpha value is -1.51. The van der Waals surface area contributed by atoms with Gasteiger partial charge in [-0.05, 0) is 25.0 Å². The average molecular weight is 236 g/mol. The van der Waals surface area contributed by atoms with Crippen LogP contribution in [0.5, 0.6) is 11.5 Å². The number of unbranched alkanes of at least 4 members (excludes halogenated alkanes) is 1. The van der Waals surface area contributed by atoms with Crippen LogP contribution in [0.4, 0.5) is 0 Å². The first-order valence-corrected chi connectivity index (χ1v) is 6.18. The molecule has 0 amide bonds. The number of phenols is 2. The summed E-state index contributed by atoms with van der Waals surface area (Å²) < 4.78 is 0. The van der Waals surface area contributed by atoms with Crippen molar-refractivity contribution in [1.29, 1.82) is 0 Å². The monoisotopic (exact) mass is 236 g/mol. The zero-order chi connectivity index (χ0) is 12.8. The van der Waals surface area contributed by atoms with E-state index in [4.69, 9.17) is 0 Å². The maximum Gasteiger partial charge on any atom is 0.166 e. The molecule has 0 aromatic heterocycles. The molecule has 0 aliphatic carbocycles. The number of ketones is 1. The van der Waals surface area contributed by atoms with Gasteiger partial charge in [-0.15, -0.1) is 0 Å². The van der Waals surface area contributed by atoms with Gasteiger partial charge in [-0.2, -0.15) is 0 Å². The lowest BCUT2D eigenvalue weighted by molar-refractivity contribution is 0.0977. The van der Waals surface area contributed by atoms with Gasteiger partial charge < -0.3 is 10.2 Å². The number of hydrogen-bond donors (Lipinski definition) is 2. The molecule has 0 bridgehead atoms. The summed E-state index contributed by atoms with van der Waals surface area (Å²) in [6.07, 6.45) is 3.61. The zero-order valence-electron chi connectivity index (χ0n) is 10.5. The SMILES string of the molecule is CCCCC(=O)c1ccc(O)c(CCC)c1O. The van der Waals surface area contributed by atoms with Crippen LogP contribution in [0, 0.1) is 0 Å². The molecular weight excluding hydrogens is 216 g/mol. The van der Waals surface area contributed by atoms with E-state index in [1.165, 1.54) is 12.1 Å². The van der Waals surface area contributed by atoms with Crippen LogP contribution in [-0.4, -0.2) is 16.0 Å². The van der Waals surface area contributed by atoms with Crippen molar-refractivity contribution in [2.24, 2.45) is 0 Å². The molecule has 17 heavy (non-hydrogen) atoms. The Morgan fingerprint density at radius 1 is 1.18 bits per heavy atom. The standard InChI is InChI=1S/C14H20O3/c1-3-5-7-12(15)11-8-9-13(16)10(6-4-2)14(11)17/h8-9,16-17H,3-7H2,1-2H3. The second kappa shape index (κ2) is 6.28. The minimum absolute atomic E-state index is 0.0482. The van der Waals surface area contributed by atoms with Gasteiger partial charge in [0.05, 0.1) is 5.56 Å². The maximum absolute atomic E-state index is 11.9. The molecular formula is C14H20O3. The molecule has 0 aliphatic heterocycles. The van der Waals surface area contributed by atoms with Gasteiger partial charge in [0.25, 0.3) is 0 Å². The number of aromatic hydroxyl groups is 2. The number of phenolic OH excluding ortho intramolecular Hbond substituents is 2. The molecule has 94 valence electrons. The van der Waals surface area contributed by atoms with E-state index in [2.05, 4.69) is 0 Å². The van der Waals surface area contributed by atoms with Crippen LogP contribution < -0.4 is 0 Å². The molecule has 0 fully saturated rings. The number of Topliss-reactive ketones (excluding diaryl/α,β-unsaturated/α-hetero) is 1. The molecule has 0 atom stereocenters. The van der Waals surface area contributed by atoms with Crippen molar-refractivity contribution in [3.63, 3.8) is 0 Å². The van der Waals surface area contributed by atoms with Crippen molar-refractivity contribution < 1.29 is 15.0 Å². The first-order chi connectivity index (χ1) is 8.11. The van der Waals surface area contributed by atoms with E-state index >= 15 is 0 Å². The fourth-order valence-electron chi connectivity index (χ4n) is 1.82. The van der Waals surface area contributed by atoms with E-state index in [0.717, 1.165) is 19.3 Å². The molecule has 2 N–H and O–H groups in total. The van der Waals surface area contributed by atoms with E-state index < -0.39 is 0 Å². The number of hydrogen-bond acceptors (Lipinski definition) is 3. The van der Waals surface area contributed by atoms with Crippen molar-refractivity contribution in [2.45, 2.75) is 46.0 Å². The molecule has 0 unspecified atom stereocenters. The molecule has 0 saturated heterocycles. The predicted molar refractivity (Wildman–Crippen MR) is 67.6 cm³/mol. The van der Waals surface area contributed by atoms with Crippen LogP contribution in [0.3, 0.4) is 0 Å². The lowest BCUT2D eigenvalue weighted by atomic mass is 9.99. The van der Waals surface area contributed by atoms with Crippen molar-refractivity contribution in [3.8, 4) is 11.5 Å². The topological polar surface area (TPSA) is 57.5 Å². The molecule has 0 radical (unpaired) electrons. The lowest BCUT2D eigenvalue weighted by Gasteiger charge is -2.10. The summed E-state index contributed by atoms with van der Waals surface area (Å²) in [5, 5.41) is 19.6. The highest BCUT2D eigenvalue weighted by molar-refractivity contribution is 5.99. The first kappa shape index (κ1) is 13.6. The second-order valence-electron chi connectivity index (χ2n) is 4.24. The van der Waals surface area contributed by atoms with Crippen molar-refractivity contribution in [2.75, 3.05) is 0 Å². The maximum atomic E-state index is 11.9. The van der Waals surface area contributed by atoms with E-state index in [9.17, 15) is 15.0 Å². The second-order valence-corrected chi connectivity index (χ2v) is 4.24. The molecule has 0 spiro atoms. The fraction of sp³-hybridized carbons (Fsp3) is 0.500. The summed E-state index contributed by atoms with van der Waals surface area (Å²) in [4.78, 5) is 11.9.